The molecule has 2 amide bonds. The predicted molar refractivity (Wildman–Crippen MR) is 103 cm³/mol. The van der Waals surface area contributed by atoms with Gasteiger partial charge in [0, 0.05) is 35.0 Å². The van der Waals surface area contributed by atoms with E-state index in [0.29, 0.717) is 26.1 Å². The monoisotopic (exact) mass is 371 g/mol. The Morgan fingerprint density at radius 2 is 2.12 bits per heavy atom. The molecule has 26 heavy (non-hydrogen) atoms. The minimum absolute atomic E-state index is 0.0400. The molecule has 2 aromatic rings. The van der Waals surface area contributed by atoms with Gasteiger partial charge in [-0.05, 0) is 45.0 Å². The number of likely N-dealkylation sites (tertiary alicyclic amines) is 1. The van der Waals surface area contributed by atoms with Crippen molar-refractivity contribution in [2.75, 3.05) is 6.54 Å². The number of thiophene rings is 1. The summed E-state index contributed by atoms with van der Waals surface area (Å²) in [7, 11) is 0. The fourth-order valence-electron chi connectivity index (χ4n) is 3.31. The number of pyridine rings is 1. The van der Waals surface area contributed by atoms with Crippen molar-refractivity contribution in [2.24, 2.45) is 5.92 Å². The van der Waals surface area contributed by atoms with Crippen molar-refractivity contribution in [3.8, 4) is 0 Å². The first kappa shape index (κ1) is 18.6. The SMILES string of the molecule is Cc1ccc(CN(Cc2ccccn2)C(=O)[C@@H]2CC(=O)N(C(C)C)C2)s1. The first-order chi connectivity index (χ1) is 12.4. The molecule has 138 valence electrons. The largest absolute Gasteiger partial charge is 0.339 e. The lowest BCUT2D eigenvalue weighted by molar-refractivity contribution is -0.137. The van der Waals surface area contributed by atoms with Gasteiger partial charge in [-0.25, -0.2) is 0 Å². The van der Waals surface area contributed by atoms with Crippen molar-refractivity contribution >= 4 is 23.2 Å². The molecule has 0 spiro atoms. The highest BCUT2D eigenvalue weighted by Crippen LogP contribution is 2.25. The third-order valence-electron chi connectivity index (χ3n) is 4.66. The minimum atomic E-state index is -0.269. The summed E-state index contributed by atoms with van der Waals surface area (Å²) in [6.07, 6.45) is 2.05. The van der Waals surface area contributed by atoms with Gasteiger partial charge in [-0.1, -0.05) is 6.07 Å². The summed E-state index contributed by atoms with van der Waals surface area (Å²) in [4.78, 5) is 35.8. The van der Waals surface area contributed by atoms with E-state index in [1.807, 2.05) is 36.9 Å². The molecule has 1 aliphatic heterocycles. The smallest absolute Gasteiger partial charge is 0.228 e. The molecule has 1 fully saturated rings. The standard InChI is InChI=1S/C20H25N3O2S/c1-14(2)23-11-16(10-19(23)24)20(25)22(12-17-6-4-5-9-21-17)13-18-8-7-15(3)26-18/h4-9,14,16H,10-13H2,1-3H3/t16-/m1/s1. The quantitative estimate of drug-likeness (QED) is 0.783. The van der Waals surface area contributed by atoms with Crippen LogP contribution >= 0.6 is 11.3 Å². The van der Waals surface area contributed by atoms with Crippen LogP contribution in [-0.4, -0.2) is 39.2 Å². The number of hydrogen-bond donors (Lipinski definition) is 0. The van der Waals surface area contributed by atoms with E-state index in [9.17, 15) is 9.59 Å². The van der Waals surface area contributed by atoms with E-state index >= 15 is 0 Å². The van der Waals surface area contributed by atoms with Gasteiger partial charge in [0.2, 0.25) is 11.8 Å². The van der Waals surface area contributed by atoms with E-state index in [-0.39, 0.29) is 23.8 Å². The van der Waals surface area contributed by atoms with E-state index < -0.39 is 0 Å². The average Bonchev–Trinajstić information content (AvgIpc) is 3.20. The Hall–Kier alpha value is -2.21. The molecule has 0 bridgehead atoms. The molecular weight excluding hydrogens is 346 g/mol. The van der Waals surface area contributed by atoms with Gasteiger partial charge in [0.25, 0.3) is 0 Å². The van der Waals surface area contributed by atoms with Gasteiger partial charge in [0.15, 0.2) is 0 Å². The zero-order chi connectivity index (χ0) is 18.7. The van der Waals surface area contributed by atoms with E-state index in [0.717, 1.165) is 10.6 Å². The Bertz CT molecular complexity index is 772. The number of aromatic nitrogens is 1. The molecule has 0 unspecified atom stereocenters. The zero-order valence-corrected chi connectivity index (χ0v) is 16.3. The number of nitrogens with zero attached hydrogens (tertiary/aromatic N) is 3. The summed E-state index contributed by atoms with van der Waals surface area (Å²) in [5.74, 6) is -0.156. The fourth-order valence-corrected chi connectivity index (χ4v) is 4.22. The number of rotatable bonds is 6. The van der Waals surface area contributed by atoms with Gasteiger partial charge in [-0.2, -0.15) is 0 Å². The molecule has 5 nitrogen and oxygen atoms in total. The van der Waals surface area contributed by atoms with Crippen LogP contribution in [-0.2, 0) is 22.7 Å². The highest BCUT2D eigenvalue weighted by molar-refractivity contribution is 7.11. The zero-order valence-electron chi connectivity index (χ0n) is 15.5. The average molecular weight is 372 g/mol. The third kappa shape index (κ3) is 4.30. The Morgan fingerprint density at radius 1 is 1.31 bits per heavy atom. The van der Waals surface area contributed by atoms with Crippen LogP contribution in [0.15, 0.2) is 36.5 Å². The van der Waals surface area contributed by atoms with Crippen LogP contribution in [0, 0.1) is 12.8 Å². The predicted octanol–water partition coefficient (Wildman–Crippen LogP) is 3.24. The van der Waals surface area contributed by atoms with Gasteiger partial charge in [0.05, 0.1) is 24.7 Å². The van der Waals surface area contributed by atoms with Crippen LogP contribution < -0.4 is 0 Å². The van der Waals surface area contributed by atoms with Gasteiger partial charge >= 0.3 is 0 Å². The molecule has 0 aromatic carbocycles. The molecule has 0 N–H and O–H groups in total. The summed E-state index contributed by atoms with van der Waals surface area (Å²) >= 11 is 1.70. The molecule has 0 radical (unpaired) electrons. The maximum atomic E-state index is 13.2. The second kappa shape index (κ2) is 7.99. The van der Waals surface area contributed by atoms with Crippen molar-refractivity contribution in [3.63, 3.8) is 0 Å². The Morgan fingerprint density at radius 3 is 2.69 bits per heavy atom. The van der Waals surface area contributed by atoms with Gasteiger partial charge < -0.3 is 9.80 Å². The van der Waals surface area contributed by atoms with Gasteiger partial charge in [-0.3, -0.25) is 14.6 Å². The molecule has 1 aliphatic rings. The molecular formula is C20H25N3O2S. The Balaban J connectivity index is 1.78. The first-order valence-corrected chi connectivity index (χ1v) is 9.79. The number of hydrogen-bond acceptors (Lipinski definition) is 4. The van der Waals surface area contributed by atoms with Crippen molar-refractivity contribution in [3.05, 3.63) is 52.0 Å². The van der Waals surface area contributed by atoms with E-state index in [4.69, 9.17) is 0 Å². The number of carbonyl (C=O) groups excluding carboxylic acids is 2. The lowest BCUT2D eigenvalue weighted by atomic mass is 10.1. The van der Waals surface area contributed by atoms with Crippen molar-refractivity contribution < 1.29 is 9.59 Å². The van der Waals surface area contributed by atoms with Crippen LogP contribution in [0.2, 0.25) is 0 Å². The first-order valence-electron chi connectivity index (χ1n) is 8.97. The molecule has 0 saturated carbocycles. The lowest BCUT2D eigenvalue weighted by Crippen LogP contribution is -2.38. The minimum Gasteiger partial charge on any atom is -0.339 e. The van der Waals surface area contributed by atoms with E-state index in [2.05, 4.69) is 24.0 Å². The fraction of sp³-hybridized carbons (Fsp3) is 0.450. The normalized spacial score (nSPS) is 17.2. The molecule has 2 aromatic heterocycles. The topological polar surface area (TPSA) is 53.5 Å². The van der Waals surface area contributed by atoms with Gasteiger partial charge in [-0.15, -0.1) is 11.3 Å². The summed E-state index contributed by atoms with van der Waals surface area (Å²) < 4.78 is 0. The highest BCUT2D eigenvalue weighted by atomic mass is 32.1. The van der Waals surface area contributed by atoms with Crippen LogP contribution in [0.1, 0.15) is 35.7 Å². The van der Waals surface area contributed by atoms with Crippen LogP contribution in [0.3, 0.4) is 0 Å². The second-order valence-corrected chi connectivity index (χ2v) is 8.44. The lowest BCUT2D eigenvalue weighted by Gasteiger charge is -2.26. The number of aryl methyl sites for hydroxylation is 1. The number of carbonyl (C=O) groups is 2. The molecule has 3 heterocycles. The summed E-state index contributed by atoms with van der Waals surface area (Å²) in [5, 5.41) is 0. The second-order valence-electron chi connectivity index (χ2n) is 7.07. The summed E-state index contributed by atoms with van der Waals surface area (Å²) in [5.41, 5.74) is 0.860. The Labute approximate surface area is 158 Å². The maximum Gasteiger partial charge on any atom is 0.228 e. The van der Waals surface area contributed by atoms with E-state index in [1.54, 1.807) is 22.4 Å². The van der Waals surface area contributed by atoms with Crippen LogP contribution in [0.5, 0.6) is 0 Å². The molecule has 1 saturated heterocycles. The van der Waals surface area contributed by atoms with Crippen LogP contribution in [0.4, 0.5) is 0 Å². The molecule has 1 atom stereocenters. The van der Waals surface area contributed by atoms with Gasteiger partial charge in [0.1, 0.15) is 0 Å². The molecule has 0 aliphatic carbocycles. The van der Waals surface area contributed by atoms with Crippen molar-refractivity contribution in [2.45, 2.75) is 46.3 Å². The van der Waals surface area contributed by atoms with Crippen LogP contribution in [0.25, 0.3) is 0 Å². The molecule has 6 heteroatoms. The highest BCUT2D eigenvalue weighted by Gasteiger charge is 2.37. The van der Waals surface area contributed by atoms with Crippen molar-refractivity contribution in [1.82, 2.24) is 14.8 Å². The maximum absolute atomic E-state index is 13.2. The van der Waals surface area contributed by atoms with E-state index in [1.165, 1.54) is 4.88 Å². The Kier molecular flexibility index (Phi) is 5.71. The summed E-state index contributed by atoms with van der Waals surface area (Å²) in [6, 6.07) is 10.0. The van der Waals surface area contributed by atoms with Crippen molar-refractivity contribution in [1.29, 1.82) is 0 Å². The number of amides is 2. The third-order valence-corrected chi connectivity index (χ3v) is 5.65. The summed E-state index contributed by atoms with van der Waals surface area (Å²) in [6.45, 7) is 7.58. The molecule has 3 rings (SSSR count).